The molecule has 0 saturated heterocycles. The molecule has 1 heterocycles. The van der Waals surface area contributed by atoms with E-state index in [0.29, 0.717) is 6.04 Å². The molecule has 0 aromatic carbocycles. The van der Waals surface area contributed by atoms with Crippen molar-refractivity contribution < 1.29 is 0 Å². The highest BCUT2D eigenvalue weighted by molar-refractivity contribution is 7.12. The smallest absolute Gasteiger partial charge is 0.0302 e. The van der Waals surface area contributed by atoms with Crippen LogP contribution in [0.5, 0.6) is 0 Å². The number of hydrogen-bond acceptors (Lipinski definition) is 3. The van der Waals surface area contributed by atoms with Crippen molar-refractivity contribution in [3.05, 3.63) is 21.4 Å². The van der Waals surface area contributed by atoms with Crippen LogP contribution in [0.1, 0.15) is 48.9 Å². The molecule has 2 rings (SSSR count). The van der Waals surface area contributed by atoms with Gasteiger partial charge in [0.2, 0.25) is 0 Å². The Kier molecular flexibility index (Phi) is 5.43. The van der Waals surface area contributed by atoms with Crippen LogP contribution in [0.25, 0.3) is 0 Å². The molecule has 1 fully saturated rings. The van der Waals surface area contributed by atoms with Gasteiger partial charge in [-0.3, -0.25) is 4.90 Å². The number of nitrogens with zero attached hydrogens (tertiary/aromatic N) is 1. The fourth-order valence-corrected chi connectivity index (χ4v) is 3.35. The summed E-state index contributed by atoms with van der Waals surface area (Å²) in [5.41, 5.74) is 1.54. The van der Waals surface area contributed by atoms with E-state index in [1.54, 1.807) is 0 Å². The summed E-state index contributed by atoms with van der Waals surface area (Å²) in [4.78, 5) is 5.57. The van der Waals surface area contributed by atoms with Crippen LogP contribution >= 0.6 is 11.3 Å². The molecule has 0 bridgehead atoms. The highest BCUT2D eigenvalue weighted by atomic mass is 32.1. The summed E-state index contributed by atoms with van der Waals surface area (Å²) >= 11 is 1.95. The molecule has 1 N–H and O–H groups in total. The van der Waals surface area contributed by atoms with E-state index in [1.165, 1.54) is 41.2 Å². The fraction of sp³-hybridized carbons (Fsp3) is 0.750. The van der Waals surface area contributed by atoms with Gasteiger partial charge in [-0.2, -0.15) is 0 Å². The third-order valence-electron chi connectivity index (χ3n) is 3.81. The predicted molar refractivity (Wildman–Crippen MR) is 84.7 cm³/mol. The van der Waals surface area contributed by atoms with Crippen molar-refractivity contribution >= 4 is 11.3 Å². The van der Waals surface area contributed by atoms with Crippen LogP contribution in [0.15, 0.2) is 6.07 Å². The van der Waals surface area contributed by atoms with Gasteiger partial charge in [0.15, 0.2) is 0 Å². The first-order valence-corrected chi connectivity index (χ1v) is 8.44. The summed E-state index contributed by atoms with van der Waals surface area (Å²) in [6, 6.07) is 2.97. The number of nitrogens with one attached hydrogen (secondary N) is 1. The first-order valence-electron chi connectivity index (χ1n) is 7.62. The van der Waals surface area contributed by atoms with Crippen molar-refractivity contribution in [1.29, 1.82) is 0 Å². The molecule has 0 spiro atoms. The van der Waals surface area contributed by atoms with Gasteiger partial charge in [-0.25, -0.2) is 0 Å². The third kappa shape index (κ3) is 4.90. The van der Waals surface area contributed by atoms with Crippen LogP contribution in [0.3, 0.4) is 0 Å². The minimum Gasteiger partial charge on any atom is -0.310 e. The number of thiophene rings is 1. The van der Waals surface area contributed by atoms with Crippen molar-refractivity contribution in [3.63, 3.8) is 0 Å². The third-order valence-corrected chi connectivity index (χ3v) is 4.90. The zero-order chi connectivity index (χ0) is 13.8. The average Bonchev–Trinajstić information content (AvgIpc) is 3.10. The Hall–Kier alpha value is -0.380. The molecule has 0 aliphatic heterocycles. The Morgan fingerprint density at radius 3 is 2.74 bits per heavy atom. The monoisotopic (exact) mass is 280 g/mol. The zero-order valence-corrected chi connectivity index (χ0v) is 13.6. The summed E-state index contributed by atoms with van der Waals surface area (Å²) in [6.07, 6.45) is 2.89. The molecule has 1 saturated carbocycles. The maximum Gasteiger partial charge on any atom is 0.0302 e. The fourth-order valence-electron chi connectivity index (χ4n) is 2.35. The van der Waals surface area contributed by atoms with Crippen molar-refractivity contribution in [2.45, 2.75) is 59.7 Å². The normalized spacial score (nSPS) is 15.7. The highest BCUT2D eigenvalue weighted by Gasteiger charge is 2.24. The molecule has 1 aromatic heterocycles. The Balaban J connectivity index is 1.90. The SMILES string of the molecule is CCN(Cc1cc(CNC(C)C)sc1C)CC1CC1. The van der Waals surface area contributed by atoms with Gasteiger partial charge in [-0.1, -0.05) is 20.8 Å². The first kappa shape index (κ1) is 15.0. The molecule has 2 nitrogen and oxygen atoms in total. The van der Waals surface area contributed by atoms with E-state index in [-0.39, 0.29) is 0 Å². The lowest BCUT2D eigenvalue weighted by molar-refractivity contribution is 0.268. The Morgan fingerprint density at radius 2 is 2.16 bits per heavy atom. The molecule has 108 valence electrons. The molecule has 0 radical (unpaired) electrons. The van der Waals surface area contributed by atoms with Crippen LogP contribution in [-0.2, 0) is 13.1 Å². The number of aryl methyl sites for hydroxylation is 1. The Morgan fingerprint density at radius 1 is 1.42 bits per heavy atom. The van der Waals surface area contributed by atoms with Crippen molar-refractivity contribution in [3.8, 4) is 0 Å². The average molecular weight is 280 g/mol. The van der Waals surface area contributed by atoms with Crippen LogP contribution in [-0.4, -0.2) is 24.0 Å². The van der Waals surface area contributed by atoms with Crippen molar-refractivity contribution in [2.24, 2.45) is 5.92 Å². The Bertz CT molecular complexity index is 393. The van der Waals surface area contributed by atoms with E-state index < -0.39 is 0 Å². The van der Waals surface area contributed by atoms with Gasteiger partial charge >= 0.3 is 0 Å². The van der Waals surface area contributed by atoms with Crippen LogP contribution in [0, 0.1) is 12.8 Å². The topological polar surface area (TPSA) is 15.3 Å². The van der Waals surface area contributed by atoms with Gasteiger partial charge in [0, 0.05) is 35.4 Å². The van der Waals surface area contributed by atoms with Gasteiger partial charge in [-0.05, 0) is 43.9 Å². The van der Waals surface area contributed by atoms with Gasteiger partial charge in [0.25, 0.3) is 0 Å². The standard InChI is InChI=1S/C16H28N2S/c1-5-18(10-14-6-7-14)11-15-8-16(19-13(15)4)9-17-12(2)3/h8,12,14,17H,5-7,9-11H2,1-4H3. The second-order valence-corrected chi connectivity index (χ2v) is 7.44. The lowest BCUT2D eigenvalue weighted by atomic mass is 10.2. The van der Waals surface area contributed by atoms with E-state index in [2.05, 4.69) is 44.0 Å². The van der Waals surface area contributed by atoms with Gasteiger partial charge in [-0.15, -0.1) is 11.3 Å². The maximum absolute atomic E-state index is 3.51. The molecule has 0 atom stereocenters. The molecule has 3 heteroatoms. The molecule has 1 aliphatic rings. The summed E-state index contributed by atoms with van der Waals surface area (Å²) in [5.74, 6) is 0.987. The van der Waals surface area contributed by atoms with E-state index in [4.69, 9.17) is 0 Å². The Labute approximate surface area is 122 Å². The summed E-state index contributed by atoms with van der Waals surface area (Å²) in [7, 11) is 0. The molecular formula is C16H28N2S. The molecular weight excluding hydrogens is 252 g/mol. The van der Waals surface area contributed by atoms with Crippen LogP contribution in [0.4, 0.5) is 0 Å². The second-order valence-electron chi connectivity index (χ2n) is 6.10. The van der Waals surface area contributed by atoms with Gasteiger partial charge in [0.05, 0.1) is 0 Å². The van der Waals surface area contributed by atoms with E-state index in [1.807, 2.05) is 11.3 Å². The maximum atomic E-state index is 3.51. The van der Waals surface area contributed by atoms with Crippen LogP contribution < -0.4 is 5.32 Å². The quantitative estimate of drug-likeness (QED) is 0.779. The lowest BCUT2D eigenvalue weighted by Gasteiger charge is -2.19. The zero-order valence-electron chi connectivity index (χ0n) is 12.8. The highest BCUT2D eigenvalue weighted by Crippen LogP contribution is 2.31. The largest absolute Gasteiger partial charge is 0.310 e. The van der Waals surface area contributed by atoms with E-state index >= 15 is 0 Å². The summed E-state index contributed by atoms with van der Waals surface area (Å²) in [6.45, 7) is 13.6. The molecule has 1 aromatic rings. The second kappa shape index (κ2) is 6.87. The minimum atomic E-state index is 0.563. The van der Waals surface area contributed by atoms with E-state index in [0.717, 1.165) is 19.0 Å². The minimum absolute atomic E-state index is 0.563. The van der Waals surface area contributed by atoms with Crippen LogP contribution in [0.2, 0.25) is 0 Å². The predicted octanol–water partition coefficient (Wildman–Crippen LogP) is 3.79. The summed E-state index contributed by atoms with van der Waals surface area (Å²) in [5, 5.41) is 3.51. The first-order chi connectivity index (χ1) is 9.08. The van der Waals surface area contributed by atoms with Gasteiger partial charge in [0.1, 0.15) is 0 Å². The van der Waals surface area contributed by atoms with Gasteiger partial charge < -0.3 is 5.32 Å². The van der Waals surface area contributed by atoms with Crippen molar-refractivity contribution in [1.82, 2.24) is 10.2 Å². The van der Waals surface area contributed by atoms with Crippen molar-refractivity contribution in [2.75, 3.05) is 13.1 Å². The lowest BCUT2D eigenvalue weighted by Crippen LogP contribution is -2.25. The summed E-state index contributed by atoms with van der Waals surface area (Å²) < 4.78 is 0. The molecule has 0 amide bonds. The molecule has 1 aliphatic carbocycles. The van der Waals surface area contributed by atoms with E-state index in [9.17, 15) is 0 Å². The molecule has 0 unspecified atom stereocenters. The molecule has 19 heavy (non-hydrogen) atoms. The number of hydrogen-bond donors (Lipinski definition) is 1. The number of rotatable bonds is 8.